The Bertz CT molecular complexity index is 639. The molecule has 0 radical (unpaired) electrons. The number of likely N-dealkylation sites (N-methyl/N-ethyl adjacent to an activating group) is 1. The maximum absolute atomic E-state index is 14.6. The molecule has 0 amide bonds. The Morgan fingerprint density at radius 3 is 2.00 bits per heavy atom. The van der Waals surface area contributed by atoms with Gasteiger partial charge in [0.15, 0.2) is 7.29 Å². The second-order valence-corrected chi connectivity index (χ2v) is 14.3. The molecule has 7 heteroatoms. The van der Waals surface area contributed by atoms with Crippen LogP contribution in [0.5, 0.6) is 0 Å². The fraction of sp³-hybridized carbons (Fsp3) is 1.00. The molecular weight excluding hydrogens is 401 g/mol. The first kappa shape index (κ1) is 26.3. The summed E-state index contributed by atoms with van der Waals surface area (Å²) >= 11 is 0. The molecule has 178 valence electrons. The Kier molecular flexibility index (Phi) is 7.98. The van der Waals surface area contributed by atoms with Gasteiger partial charge in [0.1, 0.15) is 6.10 Å². The molecule has 0 bridgehead atoms. The quantitative estimate of drug-likeness (QED) is 0.511. The Morgan fingerprint density at radius 1 is 0.967 bits per heavy atom. The van der Waals surface area contributed by atoms with Crippen molar-refractivity contribution in [3.63, 3.8) is 0 Å². The van der Waals surface area contributed by atoms with Crippen molar-refractivity contribution in [3.8, 4) is 0 Å². The van der Waals surface area contributed by atoms with Crippen LogP contribution in [0.15, 0.2) is 0 Å². The van der Waals surface area contributed by atoms with Crippen LogP contribution in [0.4, 0.5) is 0 Å². The van der Waals surface area contributed by atoms with Crippen molar-refractivity contribution in [2.24, 2.45) is 17.8 Å². The zero-order chi connectivity index (χ0) is 23.2. The number of ether oxygens (including phenoxy) is 4. The molecule has 30 heavy (non-hydrogen) atoms. The lowest BCUT2D eigenvalue weighted by molar-refractivity contribution is -0.0652. The average Bonchev–Trinajstić information content (AvgIpc) is 3.10. The van der Waals surface area contributed by atoms with Gasteiger partial charge < -0.3 is 23.5 Å². The average molecular weight is 448 g/mol. The first-order valence-corrected chi connectivity index (χ1v) is 13.4. The summed E-state index contributed by atoms with van der Waals surface area (Å²) in [4.78, 5) is 0. The molecule has 2 fully saturated rings. The lowest BCUT2D eigenvalue weighted by atomic mass is 9.80. The largest absolute Gasteiger partial charge is 0.382 e. The molecule has 2 aliphatic rings. The predicted octanol–water partition coefficient (Wildman–Crippen LogP) is 4.51. The van der Waals surface area contributed by atoms with Gasteiger partial charge >= 0.3 is 0 Å². The highest BCUT2D eigenvalue weighted by molar-refractivity contribution is 7.62. The van der Waals surface area contributed by atoms with Crippen molar-refractivity contribution in [2.45, 2.75) is 96.6 Å². The number of hydrogen-bond acceptors (Lipinski definition) is 5. The predicted molar refractivity (Wildman–Crippen MR) is 123 cm³/mol. The minimum atomic E-state index is -2.85. The van der Waals surface area contributed by atoms with Gasteiger partial charge in [-0.25, -0.2) is 4.67 Å². The summed E-state index contributed by atoms with van der Waals surface area (Å²) in [7, 11) is 2.59. The molecule has 0 aromatic rings. The van der Waals surface area contributed by atoms with Crippen molar-refractivity contribution >= 4 is 7.29 Å². The molecule has 2 heterocycles. The zero-order valence-corrected chi connectivity index (χ0v) is 22.2. The maximum Gasteiger partial charge on any atom is 0.153 e. The number of nitrogens with zero attached hydrogens (tertiary/aromatic N) is 1. The van der Waals surface area contributed by atoms with Crippen molar-refractivity contribution in [2.75, 3.05) is 34.5 Å². The van der Waals surface area contributed by atoms with E-state index in [-0.39, 0.29) is 42.4 Å². The summed E-state index contributed by atoms with van der Waals surface area (Å²) in [5.41, 5.74) is -0.466. The normalized spacial score (nSPS) is 40.2. The first-order chi connectivity index (χ1) is 13.7. The highest BCUT2D eigenvalue weighted by atomic mass is 31.2. The van der Waals surface area contributed by atoms with Crippen LogP contribution in [0.2, 0.25) is 0 Å². The van der Waals surface area contributed by atoms with E-state index in [1.54, 1.807) is 14.2 Å². The number of methoxy groups -OCH3 is 2. The highest BCUT2D eigenvalue weighted by Gasteiger charge is 2.59. The first-order valence-electron chi connectivity index (χ1n) is 11.3. The molecule has 0 aliphatic carbocycles. The Balaban J connectivity index is 2.39. The maximum atomic E-state index is 14.6. The molecule has 2 saturated heterocycles. The summed E-state index contributed by atoms with van der Waals surface area (Å²) < 4.78 is 40.6. The fourth-order valence-electron chi connectivity index (χ4n) is 5.74. The molecule has 0 spiro atoms. The van der Waals surface area contributed by atoms with Crippen LogP contribution in [0.1, 0.15) is 55.4 Å². The van der Waals surface area contributed by atoms with E-state index in [1.165, 1.54) is 0 Å². The van der Waals surface area contributed by atoms with Crippen molar-refractivity contribution in [1.82, 2.24) is 4.67 Å². The minimum Gasteiger partial charge on any atom is -0.382 e. The van der Waals surface area contributed by atoms with Crippen LogP contribution in [0.3, 0.4) is 0 Å². The van der Waals surface area contributed by atoms with Crippen LogP contribution in [-0.4, -0.2) is 80.4 Å². The van der Waals surface area contributed by atoms with E-state index in [0.29, 0.717) is 12.5 Å². The van der Waals surface area contributed by atoms with Gasteiger partial charge in [0.2, 0.25) is 0 Å². The standard InChI is InChI=1S/C23H46NO5P/c1-14-16(3)28-18(13-26-10)19(14)23(7,8)30(12,25)24(9)22(5,6)21-20(27-11)15(2)17(4)29-21/h14-21H,13H2,1-12H3/t14-,15-,16-,17-,18+,19?,20?,21?,30?/m0/s1. The van der Waals surface area contributed by atoms with Gasteiger partial charge in [-0.05, 0) is 40.7 Å². The van der Waals surface area contributed by atoms with Crippen molar-refractivity contribution in [3.05, 3.63) is 0 Å². The minimum absolute atomic E-state index is 0.0319. The molecule has 0 aromatic carbocycles. The number of rotatable bonds is 8. The molecule has 9 atom stereocenters. The van der Waals surface area contributed by atoms with Crippen LogP contribution < -0.4 is 0 Å². The molecule has 0 saturated carbocycles. The topological polar surface area (TPSA) is 57.2 Å². The van der Waals surface area contributed by atoms with E-state index < -0.39 is 18.0 Å². The summed E-state index contributed by atoms with van der Waals surface area (Å²) in [5.74, 6) is 0.702. The Labute approximate surface area is 184 Å². The summed E-state index contributed by atoms with van der Waals surface area (Å²) in [6, 6.07) is 0. The van der Waals surface area contributed by atoms with Gasteiger partial charge in [0.05, 0.1) is 36.6 Å². The van der Waals surface area contributed by atoms with E-state index in [2.05, 4.69) is 60.1 Å². The van der Waals surface area contributed by atoms with E-state index in [4.69, 9.17) is 18.9 Å². The lowest BCUT2D eigenvalue weighted by Crippen LogP contribution is -2.56. The highest BCUT2D eigenvalue weighted by Crippen LogP contribution is 2.66. The number of hydrogen-bond donors (Lipinski definition) is 0. The Morgan fingerprint density at radius 2 is 1.50 bits per heavy atom. The molecule has 4 unspecified atom stereocenters. The molecule has 2 rings (SSSR count). The third kappa shape index (κ3) is 4.18. The molecule has 0 N–H and O–H groups in total. The molecular formula is C23H46NO5P. The van der Waals surface area contributed by atoms with Gasteiger partial charge in [-0.2, -0.15) is 0 Å². The van der Waals surface area contributed by atoms with Crippen LogP contribution in [-0.2, 0) is 23.5 Å². The second kappa shape index (κ2) is 9.11. The van der Waals surface area contributed by atoms with Gasteiger partial charge in [-0.3, -0.25) is 0 Å². The summed E-state index contributed by atoms with van der Waals surface area (Å²) in [6.07, 6.45) is -0.0325. The molecule has 6 nitrogen and oxygen atoms in total. The molecule has 2 aliphatic heterocycles. The van der Waals surface area contributed by atoms with Crippen molar-refractivity contribution < 1.29 is 23.5 Å². The SMILES string of the molecule is COC[C@H]1O[C@@H](C)[C@H](C)C1C(C)(C)P(C)(=O)N(C)C(C)(C)C1O[C@@H](C)[C@H](C)C1OC. The van der Waals surface area contributed by atoms with E-state index in [1.807, 2.05) is 13.7 Å². The third-order valence-electron chi connectivity index (χ3n) is 8.61. The van der Waals surface area contributed by atoms with E-state index >= 15 is 0 Å². The second-order valence-electron chi connectivity index (χ2n) is 10.8. The zero-order valence-electron chi connectivity index (χ0n) is 21.3. The Hall–Kier alpha value is 0.0300. The van der Waals surface area contributed by atoms with Gasteiger partial charge in [-0.15, -0.1) is 0 Å². The summed E-state index contributed by atoms with van der Waals surface area (Å²) in [6.45, 7) is 19.6. The van der Waals surface area contributed by atoms with Crippen LogP contribution in [0, 0.1) is 17.8 Å². The molecule has 0 aromatic heterocycles. The fourth-order valence-corrected chi connectivity index (χ4v) is 8.57. The van der Waals surface area contributed by atoms with Crippen LogP contribution in [0.25, 0.3) is 0 Å². The van der Waals surface area contributed by atoms with Gasteiger partial charge in [0, 0.05) is 37.9 Å². The monoisotopic (exact) mass is 447 g/mol. The smallest absolute Gasteiger partial charge is 0.153 e. The van der Waals surface area contributed by atoms with Gasteiger partial charge in [0.25, 0.3) is 0 Å². The van der Waals surface area contributed by atoms with Gasteiger partial charge in [-0.1, -0.05) is 27.7 Å². The van der Waals surface area contributed by atoms with Crippen molar-refractivity contribution in [1.29, 1.82) is 0 Å². The van der Waals surface area contributed by atoms with E-state index in [9.17, 15) is 4.57 Å². The third-order valence-corrected chi connectivity index (χ3v) is 12.7. The van der Waals surface area contributed by atoms with E-state index in [0.717, 1.165) is 0 Å². The lowest BCUT2D eigenvalue weighted by Gasteiger charge is -2.51. The summed E-state index contributed by atoms with van der Waals surface area (Å²) in [5, 5.41) is -0.467. The van der Waals surface area contributed by atoms with Crippen LogP contribution >= 0.6 is 7.29 Å².